The van der Waals surface area contributed by atoms with E-state index < -0.39 is 23.7 Å². The Morgan fingerprint density at radius 2 is 2.27 bits per heavy atom. The van der Waals surface area contributed by atoms with Crippen LogP contribution in [-0.4, -0.2) is 42.1 Å². The number of halogens is 1. The highest BCUT2D eigenvalue weighted by molar-refractivity contribution is 5.81. The summed E-state index contributed by atoms with van der Waals surface area (Å²) in [5.41, 5.74) is 0.526. The predicted molar refractivity (Wildman–Crippen MR) is 77.7 cm³/mol. The molecule has 1 aromatic carbocycles. The number of carboxylic acids is 1. The summed E-state index contributed by atoms with van der Waals surface area (Å²) in [6.07, 6.45) is 1.09. The Kier molecular flexibility index (Phi) is 5.49. The number of amides is 1. The van der Waals surface area contributed by atoms with Crippen molar-refractivity contribution >= 4 is 11.9 Å². The van der Waals surface area contributed by atoms with Crippen LogP contribution < -0.4 is 0 Å². The van der Waals surface area contributed by atoms with E-state index in [2.05, 4.69) is 0 Å². The molecule has 1 amide bonds. The number of hydrogen-bond acceptors (Lipinski definition) is 3. The molecule has 2 atom stereocenters. The fourth-order valence-electron chi connectivity index (χ4n) is 2.96. The lowest BCUT2D eigenvalue weighted by molar-refractivity contribution is -0.152. The number of piperidine rings is 1. The second-order valence-corrected chi connectivity index (χ2v) is 5.42. The van der Waals surface area contributed by atoms with Crippen LogP contribution in [0, 0.1) is 11.7 Å². The van der Waals surface area contributed by atoms with Gasteiger partial charge >= 0.3 is 5.97 Å². The molecule has 1 N–H and O–H groups in total. The van der Waals surface area contributed by atoms with E-state index in [1.807, 2.05) is 0 Å². The zero-order valence-electron chi connectivity index (χ0n) is 12.5. The van der Waals surface area contributed by atoms with Crippen molar-refractivity contribution in [2.75, 3.05) is 20.3 Å². The zero-order valence-corrected chi connectivity index (χ0v) is 12.5. The van der Waals surface area contributed by atoms with Gasteiger partial charge in [0.25, 0.3) is 0 Å². The van der Waals surface area contributed by atoms with Crippen LogP contribution >= 0.6 is 0 Å². The average Bonchev–Trinajstić information content (AvgIpc) is 2.48. The number of ether oxygens (including phenoxy) is 1. The van der Waals surface area contributed by atoms with Crippen LogP contribution in [0.5, 0.6) is 0 Å². The number of hydrogen-bond donors (Lipinski definition) is 1. The Balaban J connectivity index is 2.32. The number of methoxy groups -OCH3 is 1. The first-order valence-electron chi connectivity index (χ1n) is 7.31. The molecule has 120 valence electrons. The standard InChI is InChI=1S/C16H20FNO4/c1-22-9-3-8-18-14(19)7-6-13(16(20)21)15(18)11-4-2-5-12(17)10-11/h2,4-5,10,13,15H,3,6-9H2,1H3,(H,20,21)/t13-,15-/m0/s1. The molecule has 1 aliphatic rings. The lowest BCUT2D eigenvalue weighted by Crippen LogP contribution is -2.46. The summed E-state index contributed by atoms with van der Waals surface area (Å²) >= 11 is 0. The molecule has 0 unspecified atom stereocenters. The Hall–Kier alpha value is -1.95. The van der Waals surface area contributed by atoms with Crippen molar-refractivity contribution in [2.45, 2.75) is 25.3 Å². The summed E-state index contributed by atoms with van der Waals surface area (Å²) < 4.78 is 18.5. The quantitative estimate of drug-likeness (QED) is 0.818. The number of carbonyl (C=O) groups excluding carboxylic acids is 1. The predicted octanol–water partition coefficient (Wildman–Crippen LogP) is 2.23. The summed E-state index contributed by atoms with van der Waals surface area (Å²) in [6, 6.07) is 5.19. The van der Waals surface area contributed by atoms with Gasteiger partial charge in [0.2, 0.25) is 5.91 Å². The monoisotopic (exact) mass is 309 g/mol. The molecule has 0 bridgehead atoms. The van der Waals surface area contributed by atoms with Crippen molar-refractivity contribution in [2.24, 2.45) is 5.92 Å². The first-order valence-corrected chi connectivity index (χ1v) is 7.31. The van der Waals surface area contributed by atoms with Gasteiger partial charge in [0, 0.05) is 26.7 Å². The molecular weight excluding hydrogens is 289 g/mol. The molecule has 1 saturated heterocycles. The average molecular weight is 309 g/mol. The summed E-state index contributed by atoms with van der Waals surface area (Å²) in [6.45, 7) is 0.884. The maximum atomic E-state index is 13.5. The van der Waals surface area contributed by atoms with Crippen molar-refractivity contribution in [1.29, 1.82) is 0 Å². The molecule has 1 fully saturated rings. The van der Waals surface area contributed by atoms with E-state index >= 15 is 0 Å². The highest BCUT2D eigenvalue weighted by Crippen LogP contribution is 2.37. The van der Waals surface area contributed by atoms with E-state index in [0.717, 1.165) is 0 Å². The topological polar surface area (TPSA) is 66.8 Å². The third-order valence-corrected chi connectivity index (χ3v) is 3.96. The van der Waals surface area contributed by atoms with Gasteiger partial charge in [-0.3, -0.25) is 9.59 Å². The molecule has 0 spiro atoms. The van der Waals surface area contributed by atoms with E-state index in [1.165, 1.54) is 18.2 Å². The smallest absolute Gasteiger partial charge is 0.308 e. The molecule has 22 heavy (non-hydrogen) atoms. The Bertz CT molecular complexity index is 549. The number of aliphatic carboxylic acids is 1. The van der Waals surface area contributed by atoms with E-state index in [0.29, 0.717) is 25.1 Å². The van der Waals surface area contributed by atoms with E-state index in [4.69, 9.17) is 4.74 Å². The zero-order chi connectivity index (χ0) is 16.1. The fourth-order valence-corrected chi connectivity index (χ4v) is 2.96. The van der Waals surface area contributed by atoms with Crippen LogP contribution in [0.2, 0.25) is 0 Å². The minimum Gasteiger partial charge on any atom is -0.481 e. The third-order valence-electron chi connectivity index (χ3n) is 3.96. The van der Waals surface area contributed by atoms with Crippen LogP contribution in [0.1, 0.15) is 30.9 Å². The summed E-state index contributed by atoms with van der Waals surface area (Å²) in [4.78, 5) is 25.3. The number of carboxylic acid groups (broad SMARTS) is 1. The third kappa shape index (κ3) is 3.62. The van der Waals surface area contributed by atoms with E-state index in [-0.39, 0.29) is 18.7 Å². The van der Waals surface area contributed by atoms with Gasteiger partial charge in [-0.1, -0.05) is 12.1 Å². The van der Waals surface area contributed by atoms with Crippen LogP contribution in [0.15, 0.2) is 24.3 Å². The van der Waals surface area contributed by atoms with Gasteiger partial charge < -0.3 is 14.7 Å². The van der Waals surface area contributed by atoms with Gasteiger partial charge in [-0.15, -0.1) is 0 Å². The van der Waals surface area contributed by atoms with Crippen molar-refractivity contribution < 1.29 is 23.8 Å². The van der Waals surface area contributed by atoms with Gasteiger partial charge in [0.05, 0.1) is 12.0 Å². The Labute approximate surface area is 128 Å². The molecule has 0 saturated carbocycles. The SMILES string of the molecule is COCCCN1C(=O)CC[C@H](C(=O)O)[C@@H]1c1cccc(F)c1. The number of likely N-dealkylation sites (tertiary alicyclic amines) is 1. The first kappa shape index (κ1) is 16.4. The molecule has 5 nitrogen and oxygen atoms in total. The number of rotatable bonds is 6. The van der Waals surface area contributed by atoms with Crippen LogP contribution in [0.4, 0.5) is 4.39 Å². The Morgan fingerprint density at radius 3 is 2.91 bits per heavy atom. The number of carbonyl (C=O) groups is 2. The molecular formula is C16H20FNO4. The maximum absolute atomic E-state index is 13.5. The highest BCUT2D eigenvalue weighted by Gasteiger charge is 2.40. The Morgan fingerprint density at radius 1 is 1.50 bits per heavy atom. The maximum Gasteiger partial charge on any atom is 0.308 e. The molecule has 0 aromatic heterocycles. The van der Waals surface area contributed by atoms with Crippen molar-refractivity contribution in [1.82, 2.24) is 4.90 Å². The molecule has 6 heteroatoms. The second-order valence-electron chi connectivity index (χ2n) is 5.42. The van der Waals surface area contributed by atoms with Crippen molar-refractivity contribution in [3.05, 3.63) is 35.6 Å². The minimum atomic E-state index is -0.960. The van der Waals surface area contributed by atoms with E-state index in [1.54, 1.807) is 18.1 Å². The molecule has 1 heterocycles. The number of benzene rings is 1. The summed E-state index contributed by atoms with van der Waals surface area (Å²) in [5, 5.41) is 9.46. The van der Waals surface area contributed by atoms with Gasteiger partial charge in [0.15, 0.2) is 0 Å². The fraction of sp³-hybridized carbons (Fsp3) is 0.500. The van der Waals surface area contributed by atoms with Crippen LogP contribution in [0.25, 0.3) is 0 Å². The first-order chi connectivity index (χ1) is 10.5. The number of nitrogens with zero attached hydrogens (tertiary/aromatic N) is 1. The van der Waals surface area contributed by atoms with E-state index in [9.17, 15) is 19.1 Å². The summed E-state index contributed by atoms with van der Waals surface area (Å²) in [7, 11) is 1.57. The largest absolute Gasteiger partial charge is 0.481 e. The molecule has 1 aromatic rings. The van der Waals surface area contributed by atoms with Gasteiger partial charge in [-0.2, -0.15) is 0 Å². The second kappa shape index (κ2) is 7.35. The molecule has 2 rings (SSSR count). The van der Waals surface area contributed by atoms with Crippen LogP contribution in [0.3, 0.4) is 0 Å². The lowest BCUT2D eigenvalue weighted by atomic mass is 9.84. The van der Waals surface area contributed by atoms with Gasteiger partial charge in [0.1, 0.15) is 5.82 Å². The minimum absolute atomic E-state index is 0.0946. The van der Waals surface area contributed by atoms with Crippen LogP contribution in [-0.2, 0) is 14.3 Å². The lowest BCUT2D eigenvalue weighted by Gasteiger charge is -2.40. The van der Waals surface area contributed by atoms with Gasteiger partial charge in [-0.25, -0.2) is 4.39 Å². The summed E-state index contributed by atoms with van der Waals surface area (Å²) in [5.74, 6) is -2.21. The molecule has 0 radical (unpaired) electrons. The normalized spacial score (nSPS) is 21.9. The van der Waals surface area contributed by atoms with Crippen molar-refractivity contribution in [3.8, 4) is 0 Å². The molecule has 1 aliphatic heterocycles. The van der Waals surface area contributed by atoms with Crippen molar-refractivity contribution in [3.63, 3.8) is 0 Å². The van der Waals surface area contributed by atoms with Gasteiger partial charge in [-0.05, 0) is 30.5 Å². The molecule has 0 aliphatic carbocycles. The highest BCUT2D eigenvalue weighted by atomic mass is 19.1.